The number of nitrogens with zero attached hydrogens (tertiary/aromatic N) is 2. The molecule has 2 aromatic rings. The smallest absolute Gasteiger partial charge is 0.244 e. The molecule has 1 N–H and O–H groups in total. The fourth-order valence-corrected chi connectivity index (χ4v) is 4.17. The van der Waals surface area contributed by atoms with Crippen LogP contribution < -0.4 is 10.2 Å². The second-order valence-corrected chi connectivity index (χ2v) is 8.36. The molecule has 1 atom stereocenters. The number of rotatable bonds is 5. The topological polar surface area (TPSA) is 69.7 Å². The summed E-state index contributed by atoms with van der Waals surface area (Å²) in [5.74, 6) is -1.34. The van der Waals surface area contributed by atoms with Crippen LogP contribution in [0.25, 0.3) is 0 Å². The molecular formula is C20H18BrCl2N3O3. The minimum Gasteiger partial charge on any atom is -0.336 e. The third-order valence-electron chi connectivity index (χ3n) is 4.60. The van der Waals surface area contributed by atoms with Crippen molar-refractivity contribution in [2.24, 2.45) is 5.92 Å². The molecule has 2 aromatic carbocycles. The van der Waals surface area contributed by atoms with Crippen molar-refractivity contribution in [2.45, 2.75) is 6.42 Å². The van der Waals surface area contributed by atoms with E-state index in [0.29, 0.717) is 15.7 Å². The maximum Gasteiger partial charge on any atom is 0.244 e. The van der Waals surface area contributed by atoms with Gasteiger partial charge < -0.3 is 15.1 Å². The zero-order valence-electron chi connectivity index (χ0n) is 15.5. The summed E-state index contributed by atoms with van der Waals surface area (Å²) in [6, 6.07) is 12.2. The van der Waals surface area contributed by atoms with Gasteiger partial charge in [0.05, 0.1) is 33.9 Å². The Balaban J connectivity index is 1.62. The first-order valence-electron chi connectivity index (χ1n) is 8.81. The van der Waals surface area contributed by atoms with Gasteiger partial charge in [-0.05, 0) is 40.2 Å². The van der Waals surface area contributed by atoms with Gasteiger partial charge in [-0.2, -0.15) is 0 Å². The summed E-state index contributed by atoms with van der Waals surface area (Å²) in [4.78, 5) is 40.4. The number of halogens is 3. The van der Waals surface area contributed by atoms with Crippen molar-refractivity contribution in [3.63, 3.8) is 0 Å². The van der Waals surface area contributed by atoms with Gasteiger partial charge in [0.2, 0.25) is 17.7 Å². The van der Waals surface area contributed by atoms with Gasteiger partial charge in [-0.3, -0.25) is 14.4 Å². The molecule has 9 heteroatoms. The van der Waals surface area contributed by atoms with Crippen LogP contribution in [0.1, 0.15) is 6.42 Å². The summed E-state index contributed by atoms with van der Waals surface area (Å²) in [6.45, 7) is 0.0860. The van der Waals surface area contributed by atoms with Crippen LogP contribution in [0.15, 0.2) is 46.9 Å². The van der Waals surface area contributed by atoms with Crippen LogP contribution in [0, 0.1) is 5.92 Å². The highest BCUT2D eigenvalue weighted by Gasteiger charge is 2.37. The minimum absolute atomic E-state index is 0.0997. The number of hydrogen-bond acceptors (Lipinski definition) is 3. The first-order valence-corrected chi connectivity index (χ1v) is 10.4. The molecule has 1 heterocycles. The molecule has 1 saturated heterocycles. The second-order valence-electron chi connectivity index (χ2n) is 6.70. The van der Waals surface area contributed by atoms with Crippen molar-refractivity contribution in [1.29, 1.82) is 0 Å². The van der Waals surface area contributed by atoms with E-state index in [1.165, 1.54) is 11.9 Å². The average molecular weight is 499 g/mol. The van der Waals surface area contributed by atoms with Crippen molar-refractivity contribution in [3.8, 4) is 0 Å². The molecule has 1 fully saturated rings. The zero-order valence-corrected chi connectivity index (χ0v) is 18.6. The number of anilines is 2. The first-order chi connectivity index (χ1) is 13.8. The van der Waals surface area contributed by atoms with Crippen molar-refractivity contribution >= 4 is 68.2 Å². The molecule has 0 saturated carbocycles. The van der Waals surface area contributed by atoms with Crippen molar-refractivity contribution in [1.82, 2.24) is 4.90 Å². The van der Waals surface area contributed by atoms with E-state index in [0.717, 1.165) is 10.2 Å². The van der Waals surface area contributed by atoms with Gasteiger partial charge in [-0.1, -0.05) is 41.4 Å². The van der Waals surface area contributed by atoms with E-state index in [1.807, 2.05) is 24.3 Å². The molecule has 3 amide bonds. The third-order valence-corrected chi connectivity index (χ3v) is 5.90. The van der Waals surface area contributed by atoms with Crippen LogP contribution in [-0.4, -0.2) is 42.8 Å². The van der Waals surface area contributed by atoms with E-state index in [1.54, 1.807) is 23.1 Å². The highest BCUT2D eigenvalue weighted by molar-refractivity contribution is 9.10. The molecule has 0 spiro atoms. The number of likely N-dealkylation sites (N-methyl/N-ethyl adjacent to an activating group) is 1. The van der Waals surface area contributed by atoms with E-state index in [9.17, 15) is 14.4 Å². The SMILES string of the molecule is CN(CC(=O)Nc1c(Cl)cccc1Cl)C(=O)C1CC(=O)N(c2ccccc2Br)C1. The zero-order chi connectivity index (χ0) is 21.1. The van der Waals surface area contributed by atoms with E-state index in [2.05, 4.69) is 21.2 Å². The van der Waals surface area contributed by atoms with E-state index in [-0.39, 0.29) is 31.3 Å². The molecule has 1 aliphatic rings. The van der Waals surface area contributed by atoms with Gasteiger partial charge in [0.1, 0.15) is 0 Å². The predicted molar refractivity (Wildman–Crippen MR) is 117 cm³/mol. The number of nitrogens with one attached hydrogen (secondary N) is 1. The maximum absolute atomic E-state index is 12.8. The standard InChI is InChI=1S/C20H18BrCl2N3O3/c1-25(11-17(27)24-19-14(22)6-4-7-15(19)23)20(29)12-9-18(28)26(10-12)16-8-3-2-5-13(16)21/h2-8,12H,9-11H2,1H3,(H,24,27). The molecule has 1 aliphatic heterocycles. The largest absolute Gasteiger partial charge is 0.336 e. The van der Waals surface area contributed by atoms with Crippen molar-refractivity contribution < 1.29 is 14.4 Å². The fraction of sp³-hybridized carbons (Fsp3) is 0.250. The van der Waals surface area contributed by atoms with Crippen molar-refractivity contribution in [2.75, 3.05) is 30.4 Å². The number of carbonyl (C=O) groups is 3. The van der Waals surface area contributed by atoms with Crippen LogP contribution >= 0.6 is 39.1 Å². The Morgan fingerprint density at radius 1 is 1.17 bits per heavy atom. The molecule has 152 valence electrons. The van der Waals surface area contributed by atoms with E-state index < -0.39 is 11.8 Å². The summed E-state index contributed by atoms with van der Waals surface area (Å²) >= 11 is 15.5. The van der Waals surface area contributed by atoms with Crippen LogP contribution in [0.2, 0.25) is 10.0 Å². The number of benzene rings is 2. The maximum atomic E-state index is 12.8. The van der Waals surface area contributed by atoms with Gasteiger partial charge in [-0.25, -0.2) is 0 Å². The lowest BCUT2D eigenvalue weighted by Crippen LogP contribution is -2.39. The summed E-state index contributed by atoms with van der Waals surface area (Å²) in [5.41, 5.74) is 1.03. The molecule has 1 unspecified atom stereocenters. The molecule has 0 radical (unpaired) electrons. The average Bonchev–Trinajstić information content (AvgIpc) is 3.06. The fourth-order valence-electron chi connectivity index (χ4n) is 3.18. The summed E-state index contributed by atoms with van der Waals surface area (Å²) in [7, 11) is 1.53. The molecule has 29 heavy (non-hydrogen) atoms. The normalized spacial score (nSPS) is 16.1. The van der Waals surface area contributed by atoms with Crippen LogP contribution in [0.5, 0.6) is 0 Å². The van der Waals surface area contributed by atoms with Gasteiger partial charge in [0.25, 0.3) is 0 Å². The number of carbonyl (C=O) groups excluding carboxylic acids is 3. The van der Waals surface area contributed by atoms with Gasteiger partial charge in [0.15, 0.2) is 0 Å². The quantitative estimate of drug-likeness (QED) is 0.671. The van der Waals surface area contributed by atoms with Gasteiger partial charge in [-0.15, -0.1) is 0 Å². The first kappa shape index (κ1) is 21.6. The Morgan fingerprint density at radius 3 is 2.48 bits per heavy atom. The lowest BCUT2D eigenvalue weighted by molar-refractivity contribution is -0.137. The molecular weight excluding hydrogens is 481 g/mol. The molecule has 0 aliphatic carbocycles. The summed E-state index contributed by atoms with van der Waals surface area (Å²) in [6.07, 6.45) is 0.0997. The Bertz CT molecular complexity index is 949. The third kappa shape index (κ3) is 4.91. The second kappa shape index (κ2) is 9.15. The highest BCUT2D eigenvalue weighted by atomic mass is 79.9. The van der Waals surface area contributed by atoms with Crippen LogP contribution in [0.3, 0.4) is 0 Å². The Kier molecular flexibility index (Phi) is 6.82. The van der Waals surface area contributed by atoms with Crippen LogP contribution in [0.4, 0.5) is 11.4 Å². The highest BCUT2D eigenvalue weighted by Crippen LogP contribution is 2.32. The monoisotopic (exact) mass is 497 g/mol. The van der Waals surface area contributed by atoms with E-state index in [4.69, 9.17) is 23.2 Å². The number of hydrogen-bond donors (Lipinski definition) is 1. The number of para-hydroxylation sites is 2. The predicted octanol–water partition coefficient (Wildman–Crippen LogP) is 4.21. The van der Waals surface area contributed by atoms with Gasteiger partial charge >= 0.3 is 0 Å². The molecule has 0 aromatic heterocycles. The summed E-state index contributed by atoms with van der Waals surface area (Å²) < 4.78 is 0.783. The van der Waals surface area contributed by atoms with Gasteiger partial charge in [0, 0.05) is 24.5 Å². The summed E-state index contributed by atoms with van der Waals surface area (Å²) in [5, 5.41) is 3.25. The lowest BCUT2D eigenvalue weighted by atomic mass is 10.1. The van der Waals surface area contributed by atoms with Crippen LogP contribution in [-0.2, 0) is 14.4 Å². The minimum atomic E-state index is -0.517. The lowest BCUT2D eigenvalue weighted by Gasteiger charge is -2.22. The molecule has 0 bridgehead atoms. The van der Waals surface area contributed by atoms with Crippen molar-refractivity contribution in [3.05, 3.63) is 57.0 Å². The molecule has 6 nitrogen and oxygen atoms in total. The Morgan fingerprint density at radius 2 is 1.83 bits per heavy atom. The Labute approximate surface area is 186 Å². The van der Waals surface area contributed by atoms with E-state index >= 15 is 0 Å². The molecule has 3 rings (SSSR count). The number of amides is 3. The Hall–Kier alpha value is -2.09.